The van der Waals surface area contributed by atoms with Crippen molar-refractivity contribution >= 4 is 5.69 Å². The zero-order valence-electron chi connectivity index (χ0n) is 26.6. The quantitative estimate of drug-likeness (QED) is 0.108. The molecule has 0 heterocycles. The van der Waals surface area contributed by atoms with Crippen molar-refractivity contribution in [3.05, 3.63) is 78.4 Å². The van der Waals surface area contributed by atoms with Gasteiger partial charge in [0.15, 0.2) is 0 Å². The average Bonchev–Trinajstić information content (AvgIpc) is 3.01. The predicted octanol–water partition coefficient (Wildman–Crippen LogP) is 12.2. The molecule has 0 saturated heterocycles. The molecule has 0 spiro atoms. The molecule has 242 valence electrons. The van der Waals surface area contributed by atoms with E-state index in [4.69, 9.17) is 4.74 Å². The Bertz CT molecular complexity index is 1150. The Balaban J connectivity index is 1.44. The molecule has 0 saturated carbocycles. The highest BCUT2D eigenvalue weighted by Crippen LogP contribution is 2.33. The smallest absolute Gasteiger partial charge is 0.491 e. The standard InChI is InChI=1S/C38H52F3NO2/c1-2-3-4-5-6-7-8-9-10-11-12-13-19-30-43-37-28-25-34(33-23-26-35(27-24-33)44-38(39,40)41)31-36(37)42-29-18-17-22-32-20-15-14-16-21-32/h14-16,20-21,23-28,31,42H,2-13,17-19,22,29-30H2,1H3. The second kappa shape index (κ2) is 20.7. The van der Waals surface area contributed by atoms with E-state index in [1.807, 2.05) is 24.3 Å². The molecule has 0 amide bonds. The molecule has 0 aromatic heterocycles. The van der Waals surface area contributed by atoms with Crippen molar-refractivity contribution in [1.82, 2.24) is 0 Å². The van der Waals surface area contributed by atoms with Gasteiger partial charge in [-0.2, -0.15) is 0 Å². The fourth-order valence-corrected chi connectivity index (χ4v) is 5.45. The first-order valence-electron chi connectivity index (χ1n) is 16.9. The number of rotatable bonds is 23. The molecule has 6 heteroatoms. The van der Waals surface area contributed by atoms with Gasteiger partial charge in [-0.1, -0.05) is 133 Å². The second-order valence-electron chi connectivity index (χ2n) is 11.7. The molecule has 3 aromatic carbocycles. The Hall–Kier alpha value is -3.15. The maximum absolute atomic E-state index is 12.6. The van der Waals surface area contributed by atoms with Crippen LogP contribution < -0.4 is 14.8 Å². The first kappa shape index (κ1) is 35.3. The Morgan fingerprint density at radius 2 is 1.20 bits per heavy atom. The Morgan fingerprint density at radius 1 is 0.614 bits per heavy atom. The van der Waals surface area contributed by atoms with Gasteiger partial charge in [0.25, 0.3) is 0 Å². The summed E-state index contributed by atoms with van der Waals surface area (Å²) >= 11 is 0. The van der Waals surface area contributed by atoms with Crippen LogP contribution in [0.15, 0.2) is 72.8 Å². The highest BCUT2D eigenvalue weighted by molar-refractivity contribution is 5.72. The van der Waals surface area contributed by atoms with E-state index < -0.39 is 6.36 Å². The minimum atomic E-state index is -4.70. The van der Waals surface area contributed by atoms with Crippen LogP contribution in [0, 0.1) is 0 Å². The highest BCUT2D eigenvalue weighted by atomic mass is 19.4. The lowest BCUT2D eigenvalue weighted by Gasteiger charge is -2.16. The largest absolute Gasteiger partial charge is 0.573 e. The topological polar surface area (TPSA) is 30.5 Å². The second-order valence-corrected chi connectivity index (χ2v) is 11.7. The third-order valence-electron chi connectivity index (χ3n) is 7.96. The van der Waals surface area contributed by atoms with Crippen LogP contribution in [0.1, 0.15) is 109 Å². The van der Waals surface area contributed by atoms with Gasteiger partial charge in [-0.05, 0) is 66.6 Å². The Kier molecular flexibility index (Phi) is 16.7. The van der Waals surface area contributed by atoms with Crippen LogP contribution >= 0.6 is 0 Å². The molecule has 0 atom stereocenters. The lowest BCUT2D eigenvalue weighted by Crippen LogP contribution is -2.16. The number of halogens is 3. The molecule has 0 fully saturated rings. The number of alkyl halides is 3. The fourth-order valence-electron chi connectivity index (χ4n) is 5.45. The van der Waals surface area contributed by atoms with E-state index >= 15 is 0 Å². The summed E-state index contributed by atoms with van der Waals surface area (Å²) in [7, 11) is 0. The minimum Gasteiger partial charge on any atom is -0.491 e. The van der Waals surface area contributed by atoms with Crippen LogP contribution in [0.4, 0.5) is 18.9 Å². The van der Waals surface area contributed by atoms with Crippen molar-refractivity contribution < 1.29 is 22.6 Å². The monoisotopic (exact) mass is 611 g/mol. The van der Waals surface area contributed by atoms with Gasteiger partial charge in [-0.3, -0.25) is 0 Å². The molecule has 0 aliphatic heterocycles. The van der Waals surface area contributed by atoms with Crippen molar-refractivity contribution in [1.29, 1.82) is 0 Å². The molecule has 0 radical (unpaired) electrons. The number of benzene rings is 3. The third kappa shape index (κ3) is 15.0. The van der Waals surface area contributed by atoms with Crippen molar-refractivity contribution in [2.45, 2.75) is 116 Å². The van der Waals surface area contributed by atoms with Crippen molar-refractivity contribution in [3.8, 4) is 22.6 Å². The predicted molar refractivity (Wildman–Crippen MR) is 178 cm³/mol. The van der Waals surface area contributed by atoms with Crippen molar-refractivity contribution in [2.75, 3.05) is 18.5 Å². The van der Waals surface area contributed by atoms with Gasteiger partial charge < -0.3 is 14.8 Å². The van der Waals surface area contributed by atoms with Crippen LogP contribution in [-0.4, -0.2) is 19.5 Å². The maximum Gasteiger partial charge on any atom is 0.573 e. The average molecular weight is 612 g/mol. The van der Waals surface area contributed by atoms with Crippen LogP contribution in [0.2, 0.25) is 0 Å². The molecule has 3 nitrogen and oxygen atoms in total. The highest BCUT2D eigenvalue weighted by Gasteiger charge is 2.31. The van der Waals surface area contributed by atoms with E-state index in [1.54, 1.807) is 12.1 Å². The number of unbranched alkanes of at least 4 members (excludes halogenated alkanes) is 13. The van der Waals surface area contributed by atoms with Gasteiger partial charge in [-0.25, -0.2) is 0 Å². The SMILES string of the molecule is CCCCCCCCCCCCCCCOc1ccc(-c2ccc(OC(F)(F)F)cc2)cc1NCCCCc1ccccc1. The summed E-state index contributed by atoms with van der Waals surface area (Å²) in [6.45, 7) is 3.75. The molecule has 0 bridgehead atoms. The van der Waals surface area contributed by atoms with E-state index in [0.29, 0.717) is 6.61 Å². The van der Waals surface area contributed by atoms with Gasteiger partial charge >= 0.3 is 6.36 Å². The molecular formula is C38H52F3NO2. The molecule has 44 heavy (non-hydrogen) atoms. The Labute approximate surface area is 263 Å². The number of aryl methyl sites for hydroxylation is 1. The molecule has 0 aliphatic rings. The molecule has 0 unspecified atom stereocenters. The lowest BCUT2D eigenvalue weighted by atomic mass is 10.0. The number of anilines is 1. The zero-order valence-corrected chi connectivity index (χ0v) is 26.6. The van der Waals surface area contributed by atoms with E-state index in [1.165, 1.54) is 94.7 Å². The van der Waals surface area contributed by atoms with Gasteiger partial charge in [0, 0.05) is 6.54 Å². The van der Waals surface area contributed by atoms with Gasteiger partial charge in [0.05, 0.1) is 12.3 Å². The third-order valence-corrected chi connectivity index (χ3v) is 7.96. The number of nitrogens with one attached hydrogen (secondary N) is 1. The minimum absolute atomic E-state index is 0.226. The number of ether oxygens (including phenoxy) is 2. The maximum atomic E-state index is 12.6. The van der Waals surface area contributed by atoms with Crippen LogP contribution in [0.3, 0.4) is 0 Å². The summed E-state index contributed by atoms with van der Waals surface area (Å²) in [6, 6.07) is 22.4. The summed E-state index contributed by atoms with van der Waals surface area (Å²) in [4.78, 5) is 0. The van der Waals surface area contributed by atoms with Crippen LogP contribution in [-0.2, 0) is 6.42 Å². The van der Waals surface area contributed by atoms with Crippen molar-refractivity contribution in [2.24, 2.45) is 0 Å². The summed E-state index contributed by atoms with van der Waals surface area (Å²) in [5, 5.41) is 3.55. The van der Waals surface area contributed by atoms with Gasteiger partial charge in [-0.15, -0.1) is 13.2 Å². The Morgan fingerprint density at radius 3 is 1.82 bits per heavy atom. The summed E-state index contributed by atoms with van der Waals surface area (Å²) in [6.07, 6.45) is 15.5. The zero-order chi connectivity index (χ0) is 31.3. The summed E-state index contributed by atoms with van der Waals surface area (Å²) in [5.74, 6) is 0.587. The van der Waals surface area contributed by atoms with Crippen LogP contribution in [0.25, 0.3) is 11.1 Å². The molecule has 1 N–H and O–H groups in total. The number of hydrogen-bond donors (Lipinski definition) is 1. The van der Waals surface area contributed by atoms with E-state index in [2.05, 4.69) is 41.2 Å². The molecule has 0 aliphatic carbocycles. The normalized spacial score (nSPS) is 11.5. The van der Waals surface area contributed by atoms with Crippen molar-refractivity contribution in [3.63, 3.8) is 0 Å². The fraction of sp³-hybridized carbons (Fsp3) is 0.526. The molecular weight excluding hydrogens is 559 g/mol. The first-order valence-corrected chi connectivity index (χ1v) is 16.9. The van der Waals surface area contributed by atoms with E-state index in [-0.39, 0.29) is 5.75 Å². The summed E-state index contributed by atoms with van der Waals surface area (Å²) < 4.78 is 48.0. The van der Waals surface area contributed by atoms with E-state index in [9.17, 15) is 13.2 Å². The number of hydrogen-bond acceptors (Lipinski definition) is 3. The molecule has 3 rings (SSSR count). The first-order chi connectivity index (χ1) is 21.4. The molecule has 3 aromatic rings. The lowest BCUT2D eigenvalue weighted by molar-refractivity contribution is -0.274. The van der Waals surface area contributed by atoms with Gasteiger partial charge in [0.2, 0.25) is 0 Å². The van der Waals surface area contributed by atoms with Crippen LogP contribution in [0.5, 0.6) is 11.5 Å². The van der Waals surface area contributed by atoms with Gasteiger partial charge in [0.1, 0.15) is 11.5 Å². The summed E-state index contributed by atoms with van der Waals surface area (Å²) in [5.41, 5.74) is 3.97. The van der Waals surface area contributed by atoms with E-state index in [0.717, 1.165) is 54.8 Å².